The van der Waals surface area contributed by atoms with E-state index in [4.69, 9.17) is 5.73 Å². The summed E-state index contributed by atoms with van der Waals surface area (Å²) in [5.41, 5.74) is 4.78. The highest BCUT2D eigenvalue weighted by Crippen LogP contribution is 2.02. The summed E-state index contributed by atoms with van der Waals surface area (Å²) in [6, 6.07) is 0. The maximum absolute atomic E-state index is 11.3. The molecule has 0 aromatic rings. The fraction of sp³-hybridized carbons (Fsp3) is 0.714. The Kier molecular flexibility index (Phi) is 4.83. The van der Waals surface area contributed by atoms with Gasteiger partial charge in [-0.3, -0.25) is 9.63 Å². The third-order valence-corrected chi connectivity index (χ3v) is 1.49. The molecule has 13 heavy (non-hydrogen) atoms. The first-order chi connectivity index (χ1) is 6.02. The van der Waals surface area contributed by atoms with E-state index in [1.807, 2.05) is 0 Å². The van der Waals surface area contributed by atoms with Crippen LogP contribution in [-0.4, -0.2) is 37.3 Å². The summed E-state index contributed by atoms with van der Waals surface area (Å²) >= 11 is 0. The molecule has 0 spiro atoms. The molecule has 0 heterocycles. The summed E-state index contributed by atoms with van der Waals surface area (Å²) in [5.74, 6) is -0.441. The van der Waals surface area contributed by atoms with E-state index in [9.17, 15) is 9.59 Å². The van der Waals surface area contributed by atoms with Crippen molar-refractivity contribution < 1.29 is 19.2 Å². The second kappa shape index (κ2) is 5.36. The minimum atomic E-state index is -0.968. The van der Waals surface area contributed by atoms with E-state index in [1.165, 1.54) is 14.2 Å². The number of ether oxygens (including phenoxy) is 1. The molecule has 0 bridgehead atoms. The molecular weight excluding hydrogens is 176 g/mol. The molecule has 76 valence electrons. The molecule has 0 aliphatic rings. The lowest BCUT2D eigenvalue weighted by atomic mass is 10.2. The van der Waals surface area contributed by atoms with Gasteiger partial charge in [0.2, 0.25) is 0 Å². The van der Waals surface area contributed by atoms with Crippen LogP contribution < -0.4 is 5.73 Å². The van der Waals surface area contributed by atoms with Gasteiger partial charge in [-0.05, 0) is 6.42 Å². The molecular formula is C7H14N2O4. The molecule has 0 aromatic carbocycles. The number of hydrogen-bond acceptors (Lipinski definition) is 4. The first-order valence-corrected chi connectivity index (χ1v) is 3.80. The Morgan fingerprint density at radius 3 is 2.38 bits per heavy atom. The molecule has 2 N–H and O–H groups in total. The summed E-state index contributed by atoms with van der Waals surface area (Å²) in [4.78, 5) is 26.3. The number of amides is 2. The Hall–Kier alpha value is -1.30. The van der Waals surface area contributed by atoms with Crippen molar-refractivity contribution in [2.24, 2.45) is 5.73 Å². The van der Waals surface area contributed by atoms with Gasteiger partial charge in [-0.1, -0.05) is 6.92 Å². The van der Waals surface area contributed by atoms with Gasteiger partial charge in [0.15, 0.2) is 6.10 Å². The second-order valence-corrected chi connectivity index (χ2v) is 2.35. The van der Waals surface area contributed by atoms with Crippen molar-refractivity contribution in [2.45, 2.75) is 19.4 Å². The van der Waals surface area contributed by atoms with Gasteiger partial charge in [0, 0.05) is 7.05 Å². The van der Waals surface area contributed by atoms with Crippen LogP contribution in [0.1, 0.15) is 13.3 Å². The minimum Gasteiger partial charge on any atom is -0.436 e. The van der Waals surface area contributed by atoms with Crippen molar-refractivity contribution in [1.29, 1.82) is 0 Å². The van der Waals surface area contributed by atoms with Crippen LogP contribution in [0.4, 0.5) is 4.79 Å². The number of carbonyl (C=O) groups is 2. The van der Waals surface area contributed by atoms with Crippen molar-refractivity contribution in [2.75, 3.05) is 14.2 Å². The summed E-state index contributed by atoms with van der Waals surface area (Å²) in [6.45, 7) is 1.70. The molecule has 0 saturated heterocycles. The van der Waals surface area contributed by atoms with E-state index >= 15 is 0 Å². The van der Waals surface area contributed by atoms with Crippen molar-refractivity contribution in [1.82, 2.24) is 5.06 Å². The minimum absolute atomic E-state index is 0.357. The topological polar surface area (TPSA) is 81.9 Å². The Morgan fingerprint density at radius 2 is 2.08 bits per heavy atom. The summed E-state index contributed by atoms with van der Waals surface area (Å²) in [7, 11) is 2.77. The lowest BCUT2D eigenvalue weighted by molar-refractivity contribution is -0.177. The van der Waals surface area contributed by atoms with Crippen molar-refractivity contribution in [3.63, 3.8) is 0 Å². The maximum atomic E-state index is 11.3. The van der Waals surface area contributed by atoms with Gasteiger partial charge >= 0.3 is 6.09 Å². The highest BCUT2D eigenvalue weighted by atomic mass is 16.7. The van der Waals surface area contributed by atoms with Gasteiger partial charge in [0.05, 0.1) is 7.11 Å². The van der Waals surface area contributed by atoms with Crippen LogP contribution >= 0.6 is 0 Å². The Morgan fingerprint density at radius 1 is 1.54 bits per heavy atom. The van der Waals surface area contributed by atoms with E-state index < -0.39 is 18.1 Å². The highest BCUT2D eigenvalue weighted by Gasteiger charge is 2.23. The van der Waals surface area contributed by atoms with Crippen molar-refractivity contribution >= 4 is 12.0 Å². The smallest absolute Gasteiger partial charge is 0.405 e. The van der Waals surface area contributed by atoms with E-state index in [1.54, 1.807) is 6.92 Å². The van der Waals surface area contributed by atoms with Crippen molar-refractivity contribution in [3.8, 4) is 0 Å². The summed E-state index contributed by atoms with van der Waals surface area (Å²) < 4.78 is 4.55. The van der Waals surface area contributed by atoms with Gasteiger partial charge in [-0.2, -0.15) is 0 Å². The van der Waals surface area contributed by atoms with Crippen LogP contribution in [0.5, 0.6) is 0 Å². The van der Waals surface area contributed by atoms with Crippen molar-refractivity contribution in [3.05, 3.63) is 0 Å². The third-order valence-electron chi connectivity index (χ3n) is 1.49. The van der Waals surface area contributed by atoms with Gasteiger partial charge in [-0.15, -0.1) is 0 Å². The first kappa shape index (κ1) is 11.7. The number of nitrogens with zero attached hydrogens (tertiary/aromatic N) is 1. The first-order valence-electron chi connectivity index (χ1n) is 3.80. The van der Waals surface area contributed by atoms with Crippen LogP contribution in [0.2, 0.25) is 0 Å². The number of primary amides is 1. The molecule has 6 heteroatoms. The fourth-order valence-electron chi connectivity index (χ4n) is 0.741. The van der Waals surface area contributed by atoms with Crippen LogP contribution in [-0.2, 0) is 14.4 Å². The molecule has 0 saturated carbocycles. The third kappa shape index (κ3) is 3.75. The molecule has 0 aromatic heterocycles. The Labute approximate surface area is 76.5 Å². The predicted molar refractivity (Wildman–Crippen MR) is 44.5 cm³/mol. The van der Waals surface area contributed by atoms with Gasteiger partial charge < -0.3 is 10.5 Å². The van der Waals surface area contributed by atoms with Crippen LogP contribution in [0.15, 0.2) is 0 Å². The van der Waals surface area contributed by atoms with E-state index in [0.717, 1.165) is 5.06 Å². The number of hydroxylamine groups is 2. The zero-order chi connectivity index (χ0) is 10.4. The van der Waals surface area contributed by atoms with Crippen LogP contribution in [0.3, 0.4) is 0 Å². The Bertz CT molecular complexity index is 195. The fourth-order valence-corrected chi connectivity index (χ4v) is 0.741. The predicted octanol–water partition coefficient (Wildman–Crippen LogP) is -0.120. The average molecular weight is 190 g/mol. The van der Waals surface area contributed by atoms with Crippen LogP contribution in [0.25, 0.3) is 0 Å². The monoisotopic (exact) mass is 190 g/mol. The molecule has 6 nitrogen and oxygen atoms in total. The average Bonchev–Trinajstić information content (AvgIpc) is 2.11. The lowest BCUT2D eigenvalue weighted by Crippen LogP contribution is -2.39. The largest absolute Gasteiger partial charge is 0.436 e. The molecule has 0 fully saturated rings. The number of likely N-dealkylation sites (N-methyl/N-ethyl adjacent to an activating group) is 1. The van der Waals surface area contributed by atoms with E-state index in [0.29, 0.717) is 6.42 Å². The normalized spacial score (nSPS) is 11.9. The zero-order valence-corrected chi connectivity index (χ0v) is 7.94. The molecule has 1 atom stereocenters. The summed E-state index contributed by atoms with van der Waals surface area (Å²) in [6.07, 6.45) is -1.48. The van der Waals surface area contributed by atoms with Crippen LogP contribution in [0, 0.1) is 0 Å². The quantitative estimate of drug-likeness (QED) is 0.626. The number of rotatable bonds is 4. The number of nitrogens with two attached hydrogens (primary N) is 1. The number of carbonyl (C=O) groups excluding carboxylic acids is 2. The SMILES string of the molecule is CC[C@@H](OC(N)=O)C(=O)N(C)OC. The summed E-state index contributed by atoms with van der Waals surface area (Å²) in [5, 5.41) is 0.983. The standard InChI is InChI=1S/C7H14N2O4/c1-4-5(13-7(8)11)6(10)9(2)12-3/h5H,4H2,1-3H3,(H2,8,11)/t5-/m1/s1. The second-order valence-electron chi connectivity index (χ2n) is 2.35. The molecule has 0 aliphatic heterocycles. The molecule has 2 amide bonds. The van der Waals surface area contributed by atoms with Gasteiger partial charge in [0.25, 0.3) is 5.91 Å². The molecule has 0 aliphatic carbocycles. The molecule has 0 unspecified atom stereocenters. The van der Waals surface area contributed by atoms with Gasteiger partial charge in [0.1, 0.15) is 0 Å². The van der Waals surface area contributed by atoms with E-state index in [2.05, 4.69) is 9.57 Å². The number of hydrogen-bond donors (Lipinski definition) is 1. The Balaban J connectivity index is 4.22. The highest BCUT2D eigenvalue weighted by molar-refractivity contribution is 5.82. The molecule has 0 rings (SSSR count). The molecule has 0 radical (unpaired) electrons. The lowest BCUT2D eigenvalue weighted by Gasteiger charge is -2.19. The zero-order valence-electron chi connectivity index (χ0n) is 7.94. The van der Waals surface area contributed by atoms with E-state index in [-0.39, 0.29) is 0 Å². The maximum Gasteiger partial charge on any atom is 0.405 e. The van der Waals surface area contributed by atoms with Gasteiger partial charge in [-0.25, -0.2) is 9.86 Å².